The van der Waals surface area contributed by atoms with E-state index in [1.165, 1.54) is 0 Å². The van der Waals surface area contributed by atoms with Gasteiger partial charge in [0.05, 0.1) is 5.60 Å². The molecule has 1 N–H and O–H groups in total. The quantitative estimate of drug-likeness (QED) is 0.768. The lowest BCUT2D eigenvalue weighted by Crippen LogP contribution is -2.34. The van der Waals surface area contributed by atoms with Crippen LogP contribution in [-0.2, 0) is 15.9 Å². The second kappa shape index (κ2) is 6.10. The number of hydrogen-bond donors (Lipinski definition) is 1. The van der Waals surface area contributed by atoms with Crippen LogP contribution in [0.1, 0.15) is 24.6 Å². The van der Waals surface area contributed by atoms with Gasteiger partial charge >= 0.3 is 0 Å². The van der Waals surface area contributed by atoms with E-state index in [1.54, 1.807) is 27.3 Å². The van der Waals surface area contributed by atoms with Crippen molar-refractivity contribution < 1.29 is 14.6 Å². The summed E-state index contributed by atoms with van der Waals surface area (Å²) in [5.74, 6) is 0. The monoisotopic (exact) mass is 239 g/mol. The van der Waals surface area contributed by atoms with Gasteiger partial charge in [-0.25, -0.2) is 0 Å². The zero-order valence-corrected chi connectivity index (χ0v) is 10.9. The van der Waals surface area contributed by atoms with E-state index in [1.807, 2.05) is 19.1 Å². The van der Waals surface area contributed by atoms with Crippen molar-refractivity contribution in [2.45, 2.75) is 38.6 Å². The summed E-state index contributed by atoms with van der Waals surface area (Å²) in [7, 11) is 3.13. The van der Waals surface area contributed by atoms with Crippen LogP contribution in [0.5, 0.6) is 0 Å². The van der Waals surface area contributed by atoms with Crippen molar-refractivity contribution in [3.05, 3.63) is 29.6 Å². The highest BCUT2D eigenvalue weighted by Crippen LogP contribution is 2.19. The molecule has 4 heteroatoms. The number of aromatic nitrogens is 1. The van der Waals surface area contributed by atoms with E-state index in [0.717, 1.165) is 11.3 Å². The molecule has 0 fully saturated rings. The van der Waals surface area contributed by atoms with Crippen LogP contribution in [0.2, 0.25) is 0 Å². The molecule has 0 saturated carbocycles. The van der Waals surface area contributed by atoms with Crippen LogP contribution >= 0.6 is 0 Å². The highest BCUT2D eigenvalue weighted by atomic mass is 16.7. The topological polar surface area (TPSA) is 51.6 Å². The van der Waals surface area contributed by atoms with E-state index in [0.29, 0.717) is 12.8 Å². The van der Waals surface area contributed by atoms with Crippen molar-refractivity contribution in [2.75, 3.05) is 14.2 Å². The molecule has 1 aromatic rings. The van der Waals surface area contributed by atoms with E-state index >= 15 is 0 Å². The van der Waals surface area contributed by atoms with Gasteiger partial charge in [0.15, 0.2) is 6.29 Å². The van der Waals surface area contributed by atoms with Crippen molar-refractivity contribution in [2.24, 2.45) is 0 Å². The number of methoxy groups -OCH3 is 2. The number of rotatable bonds is 6. The molecule has 0 radical (unpaired) electrons. The van der Waals surface area contributed by atoms with Crippen LogP contribution in [-0.4, -0.2) is 36.2 Å². The summed E-state index contributed by atoms with van der Waals surface area (Å²) in [4.78, 5) is 4.24. The van der Waals surface area contributed by atoms with Gasteiger partial charge in [-0.05, 0) is 31.5 Å². The molecule has 96 valence electrons. The second-order valence-corrected chi connectivity index (χ2v) is 4.60. The van der Waals surface area contributed by atoms with Crippen LogP contribution in [0.25, 0.3) is 0 Å². The molecule has 1 rings (SSSR count). The van der Waals surface area contributed by atoms with Gasteiger partial charge in [-0.2, -0.15) is 0 Å². The Morgan fingerprint density at radius 1 is 1.41 bits per heavy atom. The Hall–Kier alpha value is -0.970. The summed E-state index contributed by atoms with van der Waals surface area (Å²) in [5, 5.41) is 10.3. The molecule has 0 aromatic carbocycles. The van der Waals surface area contributed by atoms with E-state index < -0.39 is 11.9 Å². The standard InChI is InChI=1S/C13H21NO3/c1-10-5-6-14-11(7-10)8-13(2,15)9-12(16-3)17-4/h5-7,12,15H,8-9H2,1-4H3. The lowest BCUT2D eigenvalue weighted by molar-refractivity contribution is -0.139. The second-order valence-electron chi connectivity index (χ2n) is 4.60. The average Bonchev–Trinajstić information content (AvgIpc) is 2.25. The van der Waals surface area contributed by atoms with E-state index in [9.17, 15) is 5.11 Å². The van der Waals surface area contributed by atoms with Gasteiger partial charge in [0.1, 0.15) is 0 Å². The number of pyridine rings is 1. The fraction of sp³-hybridized carbons (Fsp3) is 0.615. The number of nitrogens with zero attached hydrogens (tertiary/aromatic N) is 1. The zero-order chi connectivity index (χ0) is 12.9. The van der Waals surface area contributed by atoms with E-state index in [-0.39, 0.29) is 0 Å². The first kappa shape index (κ1) is 14.1. The summed E-state index contributed by atoms with van der Waals surface area (Å²) in [6.45, 7) is 3.77. The first-order chi connectivity index (χ1) is 7.96. The number of aryl methyl sites for hydroxylation is 1. The molecule has 0 aliphatic heterocycles. The summed E-state index contributed by atoms with van der Waals surface area (Å²) in [6, 6.07) is 3.91. The molecule has 0 amide bonds. The normalized spacial score (nSPS) is 14.9. The maximum atomic E-state index is 10.3. The molecule has 0 aliphatic carbocycles. The van der Waals surface area contributed by atoms with Gasteiger partial charge in [-0.15, -0.1) is 0 Å². The number of hydrogen-bond acceptors (Lipinski definition) is 4. The third kappa shape index (κ3) is 4.81. The molecule has 0 saturated heterocycles. The van der Waals surface area contributed by atoms with E-state index in [4.69, 9.17) is 9.47 Å². The molecule has 0 aliphatic rings. The zero-order valence-electron chi connectivity index (χ0n) is 10.9. The van der Waals surface area contributed by atoms with Gasteiger partial charge in [0.2, 0.25) is 0 Å². The minimum atomic E-state index is -0.891. The fourth-order valence-electron chi connectivity index (χ4n) is 1.78. The SMILES string of the molecule is COC(CC(C)(O)Cc1cc(C)ccn1)OC. The van der Waals surface area contributed by atoms with Crippen LogP contribution in [0, 0.1) is 6.92 Å². The van der Waals surface area contributed by atoms with Crippen LogP contribution in [0.15, 0.2) is 18.3 Å². The first-order valence-electron chi connectivity index (χ1n) is 5.66. The van der Waals surface area contributed by atoms with Crippen molar-refractivity contribution in [1.82, 2.24) is 4.98 Å². The smallest absolute Gasteiger partial charge is 0.159 e. The molecule has 1 unspecified atom stereocenters. The maximum Gasteiger partial charge on any atom is 0.159 e. The van der Waals surface area contributed by atoms with Gasteiger partial charge in [-0.3, -0.25) is 4.98 Å². The molecular weight excluding hydrogens is 218 g/mol. The Balaban J connectivity index is 2.65. The minimum absolute atomic E-state index is 0.394. The number of aliphatic hydroxyl groups is 1. The highest BCUT2D eigenvalue weighted by Gasteiger charge is 2.26. The Labute approximate surface area is 103 Å². The summed E-state index contributed by atoms with van der Waals surface area (Å²) in [6.07, 6.45) is 2.26. The predicted molar refractivity (Wildman–Crippen MR) is 65.7 cm³/mol. The molecule has 0 bridgehead atoms. The highest BCUT2D eigenvalue weighted by molar-refractivity contribution is 5.15. The molecule has 1 heterocycles. The Morgan fingerprint density at radius 2 is 2.06 bits per heavy atom. The summed E-state index contributed by atoms with van der Waals surface area (Å²) < 4.78 is 10.2. The van der Waals surface area contributed by atoms with Crippen molar-refractivity contribution in [1.29, 1.82) is 0 Å². The molecule has 4 nitrogen and oxygen atoms in total. The van der Waals surface area contributed by atoms with Gasteiger partial charge < -0.3 is 14.6 Å². The Morgan fingerprint density at radius 3 is 2.59 bits per heavy atom. The van der Waals surface area contributed by atoms with E-state index in [2.05, 4.69) is 4.98 Å². The van der Waals surface area contributed by atoms with Crippen molar-refractivity contribution in [3.8, 4) is 0 Å². The molecule has 1 aromatic heterocycles. The van der Waals surface area contributed by atoms with Gasteiger partial charge in [0.25, 0.3) is 0 Å². The Bertz CT molecular complexity index is 348. The van der Waals surface area contributed by atoms with Crippen LogP contribution in [0.3, 0.4) is 0 Å². The van der Waals surface area contributed by atoms with Crippen molar-refractivity contribution in [3.63, 3.8) is 0 Å². The summed E-state index contributed by atoms with van der Waals surface area (Å²) >= 11 is 0. The maximum absolute atomic E-state index is 10.3. The third-order valence-electron chi connectivity index (χ3n) is 2.67. The third-order valence-corrected chi connectivity index (χ3v) is 2.67. The van der Waals surface area contributed by atoms with Gasteiger partial charge in [0, 0.05) is 39.0 Å². The number of ether oxygens (including phenoxy) is 2. The summed E-state index contributed by atoms with van der Waals surface area (Å²) in [5.41, 5.74) is 1.12. The van der Waals surface area contributed by atoms with Crippen molar-refractivity contribution >= 4 is 0 Å². The van der Waals surface area contributed by atoms with Gasteiger partial charge in [-0.1, -0.05) is 0 Å². The fourth-order valence-corrected chi connectivity index (χ4v) is 1.78. The minimum Gasteiger partial charge on any atom is -0.390 e. The lowest BCUT2D eigenvalue weighted by Gasteiger charge is -2.26. The van der Waals surface area contributed by atoms with Crippen LogP contribution < -0.4 is 0 Å². The molecule has 1 atom stereocenters. The average molecular weight is 239 g/mol. The van der Waals surface area contributed by atoms with Crippen LogP contribution in [0.4, 0.5) is 0 Å². The predicted octanol–water partition coefficient (Wildman–Crippen LogP) is 1.69. The molecule has 17 heavy (non-hydrogen) atoms. The molecular formula is C13H21NO3. The largest absolute Gasteiger partial charge is 0.390 e. The molecule has 0 spiro atoms. The lowest BCUT2D eigenvalue weighted by atomic mass is 9.95. The Kier molecular flexibility index (Phi) is 5.05. The first-order valence-corrected chi connectivity index (χ1v) is 5.66.